The molecule has 0 spiro atoms. The van der Waals surface area contributed by atoms with Crippen LogP contribution in [0.25, 0.3) is 0 Å². The number of carboxylic acids is 1. The number of aryl methyl sites for hydroxylation is 1. The average Bonchev–Trinajstić information content (AvgIpc) is 2.16. The Balaban J connectivity index is 3.30. The summed E-state index contributed by atoms with van der Waals surface area (Å²) in [5, 5.41) is 17.4. The maximum atomic E-state index is 11.6. The molecule has 6 heteroatoms. The first-order valence-corrected chi connectivity index (χ1v) is 6.20. The number of hydrogen-bond donors (Lipinski definition) is 2. The van der Waals surface area contributed by atoms with E-state index in [1.807, 2.05) is 0 Å². The minimum absolute atomic E-state index is 0.0704. The van der Waals surface area contributed by atoms with Crippen LogP contribution in [0.3, 0.4) is 0 Å². The molecule has 1 aromatic carbocycles. The molecule has 88 valence electrons. The lowest BCUT2D eigenvalue weighted by Crippen LogP contribution is -2.11. The zero-order valence-corrected chi connectivity index (χ0v) is 9.49. The second-order valence-corrected chi connectivity index (χ2v) is 5.49. The largest absolute Gasteiger partial charge is 0.478 e. The molecule has 5 nitrogen and oxygen atoms in total. The summed E-state index contributed by atoms with van der Waals surface area (Å²) in [5.74, 6) is -1.58. The molecule has 0 amide bonds. The highest BCUT2D eigenvalue weighted by Crippen LogP contribution is 2.16. The molecule has 0 atom stereocenters. The summed E-state index contributed by atoms with van der Waals surface area (Å²) in [6.45, 7) is 1.13. The number of aliphatic hydroxyl groups is 1. The second kappa shape index (κ2) is 4.63. The lowest BCUT2D eigenvalue weighted by molar-refractivity contribution is 0.0696. The van der Waals surface area contributed by atoms with Crippen LogP contribution in [0.1, 0.15) is 15.9 Å². The smallest absolute Gasteiger partial charge is 0.335 e. The molecule has 16 heavy (non-hydrogen) atoms. The Hall–Kier alpha value is -1.40. The molecule has 1 rings (SSSR count). The molecule has 0 bridgehead atoms. The monoisotopic (exact) mass is 244 g/mol. The van der Waals surface area contributed by atoms with Gasteiger partial charge < -0.3 is 10.2 Å². The molecule has 2 N–H and O–H groups in total. The SMILES string of the molecule is Cc1cc(C(=O)O)cc(S(=O)(=O)CCO)c1. The molecule has 0 aliphatic heterocycles. The lowest BCUT2D eigenvalue weighted by atomic mass is 10.1. The average molecular weight is 244 g/mol. The van der Waals surface area contributed by atoms with E-state index in [1.165, 1.54) is 12.1 Å². The fraction of sp³-hybridized carbons (Fsp3) is 0.300. The van der Waals surface area contributed by atoms with E-state index in [1.54, 1.807) is 6.92 Å². The quantitative estimate of drug-likeness (QED) is 0.802. The first kappa shape index (κ1) is 12.7. The fourth-order valence-electron chi connectivity index (χ4n) is 1.29. The highest BCUT2D eigenvalue weighted by molar-refractivity contribution is 7.91. The molecule has 0 aromatic heterocycles. The standard InChI is InChI=1S/C10H12O5S/c1-7-4-8(10(12)13)6-9(5-7)16(14,15)3-2-11/h4-6,11H,2-3H2,1H3,(H,12,13). The van der Waals surface area contributed by atoms with E-state index in [0.29, 0.717) is 5.56 Å². The van der Waals surface area contributed by atoms with Gasteiger partial charge in [-0.25, -0.2) is 13.2 Å². The van der Waals surface area contributed by atoms with Gasteiger partial charge in [0.15, 0.2) is 9.84 Å². The summed E-state index contributed by atoms with van der Waals surface area (Å²) in [7, 11) is -3.60. The summed E-state index contributed by atoms with van der Waals surface area (Å²) in [6, 6.07) is 3.87. The minimum Gasteiger partial charge on any atom is -0.478 e. The predicted octanol–water partition coefficient (Wildman–Crippen LogP) is 0.459. The van der Waals surface area contributed by atoms with Gasteiger partial charge in [-0.3, -0.25) is 0 Å². The van der Waals surface area contributed by atoms with Crippen LogP contribution >= 0.6 is 0 Å². The first-order valence-electron chi connectivity index (χ1n) is 4.55. The van der Waals surface area contributed by atoms with E-state index in [4.69, 9.17) is 10.2 Å². The van der Waals surface area contributed by atoms with Crippen LogP contribution in [0.15, 0.2) is 23.1 Å². The van der Waals surface area contributed by atoms with Gasteiger partial charge in [-0.15, -0.1) is 0 Å². The normalized spacial score (nSPS) is 11.4. The van der Waals surface area contributed by atoms with Crippen molar-refractivity contribution in [3.8, 4) is 0 Å². The number of carboxylic acid groups (broad SMARTS) is 1. The van der Waals surface area contributed by atoms with Gasteiger partial charge in [0.1, 0.15) is 0 Å². The maximum absolute atomic E-state index is 11.6. The number of hydrogen-bond acceptors (Lipinski definition) is 4. The van der Waals surface area contributed by atoms with E-state index < -0.39 is 28.2 Å². The highest BCUT2D eigenvalue weighted by atomic mass is 32.2. The molecule has 0 fully saturated rings. The number of carbonyl (C=O) groups is 1. The summed E-state index contributed by atoms with van der Waals surface area (Å²) < 4.78 is 23.2. The zero-order chi connectivity index (χ0) is 12.3. The third kappa shape index (κ3) is 2.80. The van der Waals surface area contributed by atoms with E-state index >= 15 is 0 Å². The van der Waals surface area contributed by atoms with Gasteiger partial charge in [-0.05, 0) is 30.7 Å². The van der Waals surface area contributed by atoms with Crippen molar-refractivity contribution in [3.63, 3.8) is 0 Å². The molecule has 0 radical (unpaired) electrons. The minimum atomic E-state index is -3.60. The van der Waals surface area contributed by atoms with Gasteiger partial charge in [0, 0.05) is 0 Å². The van der Waals surface area contributed by atoms with Crippen LogP contribution in [0.5, 0.6) is 0 Å². The van der Waals surface area contributed by atoms with Gasteiger partial charge in [0.05, 0.1) is 22.8 Å². The fourth-order valence-corrected chi connectivity index (χ4v) is 2.44. The van der Waals surface area contributed by atoms with Crippen molar-refractivity contribution < 1.29 is 23.4 Å². The first-order chi connectivity index (χ1) is 7.36. The topological polar surface area (TPSA) is 91.7 Å². The van der Waals surface area contributed by atoms with Gasteiger partial charge in [0.2, 0.25) is 0 Å². The Morgan fingerprint density at radius 1 is 1.31 bits per heavy atom. The molecule has 0 saturated heterocycles. The molecule has 1 aromatic rings. The number of aromatic carboxylic acids is 1. The summed E-state index contributed by atoms with van der Waals surface area (Å²) >= 11 is 0. The van der Waals surface area contributed by atoms with Crippen LogP contribution in [0.2, 0.25) is 0 Å². The van der Waals surface area contributed by atoms with Crippen LogP contribution in [0.4, 0.5) is 0 Å². The summed E-state index contributed by atoms with van der Waals surface area (Å²) in [6.07, 6.45) is 0. The van der Waals surface area contributed by atoms with E-state index in [9.17, 15) is 13.2 Å². The van der Waals surface area contributed by atoms with Crippen LogP contribution in [0, 0.1) is 6.92 Å². The molecule has 0 unspecified atom stereocenters. The van der Waals surface area contributed by atoms with Crippen molar-refractivity contribution in [2.24, 2.45) is 0 Å². The van der Waals surface area contributed by atoms with Crippen molar-refractivity contribution in [2.75, 3.05) is 12.4 Å². The molecule has 0 aliphatic rings. The number of aliphatic hydroxyl groups excluding tert-OH is 1. The van der Waals surface area contributed by atoms with Crippen molar-refractivity contribution in [1.82, 2.24) is 0 Å². The molecule has 0 saturated carbocycles. The number of benzene rings is 1. The Morgan fingerprint density at radius 3 is 2.44 bits per heavy atom. The van der Waals surface area contributed by atoms with Crippen LogP contribution in [-0.4, -0.2) is 37.0 Å². The molecule has 0 aliphatic carbocycles. The third-order valence-electron chi connectivity index (χ3n) is 2.02. The van der Waals surface area contributed by atoms with E-state index in [2.05, 4.69) is 0 Å². The highest BCUT2D eigenvalue weighted by Gasteiger charge is 2.16. The predicted molar refractivity (Wildman–Crippen MR) is 57.3 cm³/mol. The molecular formula is C10H12O5S. The van der Waals surface area contributed by atoms with Gasteiger partial charge in [0.25, 0.3) is 0 Å². The van der Waals surface area contributed by atoms with Crippen LogP contribution < -0.4 is 0 Å². The summed E-state index contributed by atoms with van der Waals surface area (Å²) in [5.41, 5.74) is 0.480. The van der Waals surface area contributed by atoms with E-state index in [0.717, 1.165) is 6.07 Å². The van der Waals surface area contributed by atoms with Crippen molar-refractivity contribution >= 4 is 15.8 Å². The third-order valence-corrected chi connectivity index (χ3v) is 3.69. The molecule has 0 heterocycles. The zero-order valence-electron chi connectivity index (χ0n) is 8.67. The van der Waals surface area contributed by atoms with Crippen LogP contribution in [-0.2, 0) is 9.84 Å². The van der Waals surface area contributed by atoms with E-state index in [-0.39, 0.29) is 10.5 Å². The van der Waals surface area contributed by atoms with Crippen molar-refractivity contribution in [1.29, 1.82) is 0 Å². The Labute approximate surface area is 93.3 Å². The Bertz CT molecular complexity index is 504. The van der Waals surface area contributed by atoms with Gasteiger partial charge in [-0.2, -0.15) is 0 Å². The molecular weight excluding hydrogens is 232 g/mol. The van der Waals surface area contributed by atoms with Gasteiger partial charge >= 0.3 is 5.97 Å². The van der Waals surface area contributed by atoms with Crippen molar-refractivity contribution in [3.05, 3.63) is 29.3 Å². The van der Waals surface area contributed by atoms with Crippen molar-refractivity contribution in [2.45, 2.75) is 11.8 Å². The Morgan fingerprint density at radius 2 is 1.94 bits per heavy atom. The van der Waals surface area contributed by atoms with Gasteiger partial charge in [-0.1, -0.05) is 0 Å². The lowest BCUT2D eigenvalue weighted by Gasteiger charge is -2.05. The maximum Gasteiger partial charge on any atom is 0.335 e. The number of sulfone groups is 1. The second-order valence-electron chi connectivity index (χ2n) is 3.38. The summed E-state index contributed by atoms with van der Waals surface area (Å²) in [4.78, 5) is 10.7. The Kier molecular flexibility index (Phi) is 3.66. The number of rotatable bonds is 4.